The minimum atomic E-state index is 0.700. The molecular formula is C21H42. The summed E-state index contributed by atoms with van der Waals surface area (Å²) in [5.41, 5.74) is 1.47. The van der Waals surface area contributed by atoms with Gasteiger partial charge in [-0.15, -0.1) is 0 Å². The Kier molecular flexibility index (Phi) is 13.2. The van der Waals surface area contributed by atoms with Gasteiger partial charge in [-0.2, -0.15) is 0 Å². The molecule has 0 radical (unpaired) electrons. The highest BCUT2D eigenvalue weighted by molar-refractivity contribution is 5.02. The summed E-state index contributed by atoms with van der Waals surface area (Å²) in [7, 11) is 0. The largest absolute Gasteiger partial charge is 0.0993 e. The van der Waals surface area contributed by atoms with Crippen LogP contribution in [0, 0.1) is 17.8 Å². The van der Waals surface area contributed by atoms with Crippen LogP contribution in [0.2, 0.25) is 0 Å². The molecule has 0 aliphatic rings. The molecular weight excluding hydrogens is 252 g/mol. The summed E-state index contributed by atoms with van der Waals surface area (Å²) in [5, 5.41) is 0. The zero-order valence-corrected chi connectivity index (χ0v) is 15.7. The second-order valence-corrected chi connectivity index (χ2v) is 7.58. The number of unbranched alkanes of at least 4 members (excludes halogenated alkanes) is 7. The molecule has 0 N–H and O–H groups in total. The van der Waals surface area contributed by atoms with Gasteiger partial charge in [-0.05, 0) is 30.6 Å². The minimum absolute atomic E-state index is 0.700. The maximum atomic E-state index is 4.29. The Morgan fingerprint density at radius 3 is 1.52 bits per heavy atom. The van der Waals surface area contributed by atoms with Crippen molar-refractivity contribution in [3.8, 4) is 0 Å². The molecule has 126 valence electrons. The molecule has 2 atom stereocenters. The van der Waals surface area contributed by atoms with E-state index in [0.717, 1.165) is 11.8 Å². The highest BCUT2D eigenvalue weighted by atomic mass is 14.2. The number of rotatable bonds is 14. The van der Waals surface area contributed by atoms with Crippen LogP contribution in [-0.2, 0) is 0 Å². The van der Waals surface area contributed by atoms with Gasteiger partial charge >= 0.3 is 0 Å². The Balaban J connectivity index is 3.34. The van der Waals surface area contributed by atoms with Crippen molar-refractivity contribution < 1.29 is 0 Å². The van der Waals surface area contributed by atoms with Crippen LogP contribution in [0.15, 0.2) is 12.2 Å². The molecule has 0 heterocycles. The fourth-order valence-electron chi connectivity index (χ4n) is 3.00. The quantitative estimate of drug-likeness (QED) is 0.226. The lowest BCUT2D eigenvalue weighted by molar-refractivity contribution is 0.476. The third-order valence-corrected chi connectivity index (χ3v) is 5.05. The molecule has 0 nitrogen and oxygen atoms in total. The molecule has 0 aromatic carbocycles. The van der Waals surface area contributed by atoms with Gasteiger partial charge in [0.2, 0.25) is 0 Å². The standard InChI is InChI=1S/C21H42/c1-7-19(4)21(6)20(5)17-15-13-11-9-8-10-12-14-16-18(2)3/h18-20H,6-17H2,1-5H3. The van der Waals surface area contributed by atoms with Crippen LogP contribution in [0.1, 0.15) is 105 Å². The fourth-order valence-corrected chi connectivity index (χ4v) is 3.00. The van der Waals surface area contributed by atoms with Crippen molar-refractivity contribution in [1.29, 1.82) is 0 Å². The summed E-state index contributed by atoms with van der Waals surface area (Å²) in [6.07, 6.45) is 15.5. The first-order valence-corrected chi connectivity index (χ1v) is 9.67. The van der Waals surface area contributed by atoms with Crippen molar-refractivity contribution >= 4 is 0 Å². The van der Waals surface area contributed by atoms with E-state index in [1.54, 1.807) is 0 Å². The van der Waals surface area contributed by atoms with Crippen LogP contribution < -0.4 is 0 Å². The summed E-state index contributed by atoms with van der Waals surface area (Å²) in [4.78, 5) is 0. The van der Waals surface area contributed by atoms with Gasteiger partial charge in [0.05, 0.1) is 0 Å². The van der Waals surface area contributed by atoms with Gasteiger partial charge in [0.25, 0.3) is 0 Å². The molecule has 0 aromatic heterocycles. The SMILES string of the molecule is C=C(C(C)CC)C(C)CCCCCCCCCCC(C)C. The zero-order chi connectivity index (χ0) is 16.1. The lowest BCUT2D eigenvalue weighted by atomic mass is 9.86. The van der Waals surface area contributed by atoms with Gasteiger partial charge in [0.15, 0.2) is 0 Å². The van der Waals surface area contributed by atoms with Crippen molar-refractivity contribution in [2.45, 2.75) is 105 Å². The predicted molar refractivity (Wildman–Crippen MR) is 98.8 cm³/mol. The molecule has 0 rings (SSSR count). The third-order valence-electron chi connectivity index (χ3n) is 5.05. The third kappa shape index (κ3) is 12.0. The van der Waals surface area contributed by atoms with Gasteiger partial charge in [0, 0.05) is 0 Å². The maximum Gasteiger partial charge on any atom is -0.0232 e. The molecule has 0 spiro atoms. The Labute approximate surface area is 135 Å². The molecule has 0 saturated carbocycles. The van der Waals surface area contributed by atoms with Gasteiger partial charge < -0.3 is 0 Å². The van der Waals surface area contributed by atoms with Crippen molar-refractivity contribution in [3.63, 3.8) is 0 Å². The van der Waals surface area contributed by atoms with Gasteiger partial charge in [-0.3, -0.25) is 0 Å². The average molecular weight is 295 g/mol. The van der Waals surface area contributed by atoms with Crippen LogP contribution in [0.4, 0.5) is 0 Å². The van der Waals surface area contributed by atoms with Crippen molar-refractivity contribution in [3.05, 3.63) is 12.2 Å². The zero-order valence-electron chi connectivity index (χ0n) is 15.7. The molecule has 0 bridgehead atoms. The van der Waals surface area contributed by atoms with E-state index in [-0.39, 0.29) is 0 Å². The lowest BCUT2D eigenvalue weighted by Crippen LogP contribution is -2.06. The van der Waals surface area contributed by atoms with E-state index in [2.05, 4.69) is 41.2 Å². The van der Waals surface area contributed by atoms with Gasteiger partial charge in [-0.1, -0.05) is 105 Å². The monoisotopic (exact) mass is 294 g/mol. The fraction of sp³-hybridized carbons (Fsp3) is 0.905. The van der Waals surface area contributed by atoms with Crippen LogP contribution in [-0.4, -0.2) is 0 Å². The van der Waals surface area contributed by atoms with Gasteiger partial charge in [-0.25, -0.2) is 0 Å². The van der Waals surface area contributed by atoms with Crippen LogP contribution in [0.3, 0.4) is 0 Å². The minimum Gasteiger partial charge on any atom is -0.0993 e. The summed E-state index contributed by atoms with van der Waals surface area (Å²) in [6.45, 7) is 15.9. The molecule has 0 heteroatoms. The topological polar surface area (TPSA) is 0 Å². The summed E-state index contributed by atoms with van der Waals surface area (Å²) < 4.78 is 0. The Hall–Kier alpha value is -0.260. The van der Waals surface area contributed by atoms with Crippen molar-refractivity contribution in [2.75, 3.05) is 0 Å². The first kappa shape index (κ1) is 20.7. The van der Waals surface area contributed by atoms with E-state index >= 15 is 0 Å². The summed E-state index contributed by atoms with van der Waals surface area (Å²) >= 11 is 0. The highest BCUT2D eigenvalue weighted by Crippen LogP contribution is 2.25. The van der Waals surface area contributed by atoms with E-state index in [4.69, 9.17) is 0 Å². The molecule has 0 aromatic rings. The molecule has 0 fully saturated rings. The molecule has 0 amide bonds. The number of allylic oxidation sites excluding steroid dienone is 1. The van der Waals surface area contributed by atoms with Crippen LogP contribution in [0.5, 0.6) is 0 Å². The van der Waals surface area contributed by atoms with Crippen molar-refractivity contribution in [2.24, 2.45) is 17.8 Å². The van der Waals surface area contributed by atoms with E-state index in [1.165, 1.54) is 76.2 Å². The molecule has 2 unspecified atom stereocenters. The smallest absolute Gasteiger partial charge is 0.0232 e. The Bertz CT molecular complexity index is 238. The first-order valence-electron chi connectivity index (χ1n) is 9.67. The predicted octanol–water partition coefficient (Wildman–Crippen LogP) is 7.78. The van der Waals surface area contributed by atoms with E-state index in [9.17, 15) is 0 Å². The van der Waals surface area contributed by atoms with E-state index in [1.807, 2.05) is 0 Å². The molecule has 21 heavy (non-hydrogen) atoms. The second kappa shape index (κ2) is 13.4. The first-order chi connectivity index (χ1) is 9.99. The maximum absolute atomic E-state index is 4.29. The number of hydrogen-bond acceptors (Lipinski definition) is 0. The molecule has 0 aliphatic heterocycles. The van der Waals surface area contributed by atoms with Crippen LogP contribution in [0.25, 0.3) is 0 Å². The lowest BCUT2D eigenvalue weighted by Gasteiger charge is -2.19. The second-order valence-electron chi connectivity index (χ2n) is 7.58. The highest BCUT2D eigenvalue weighted by Gasteiger charge is 2.11. The van der Waals surface area contributed by atoms with E-state index in [0.29, 0.717) is 5.92 Å². The van der Waals surface area contributed by atoms with Crippen LogP contribution >= 0.6 is 0 Å². The summed E-state index contributed by atoms with van der Waals surface area (Å²) in [6, 6.07) is 0. The normalized spacial score (nSPS) is 14.4. The van der Waals surface area contributed by atoms with Gasteiger partial charge in [0.1, 0.15) is 0 Å². The van der Waals surface area contributed by atoms with Crippen molar-refractivity contribution in [1.82, 2.24) is 0 Å². The number of hydrogen-bond donors (Lipinski definition) is 0. The Morgan fingerprint density at radius 1 is 0.667 bits per heavy atom. The van der Waals surface area contributed by atoms with E-state index < -0.39 is 0 Å². The average Bonchev–Trinajstić information content (AvgIpc) is 2.46. The molecule has 0 aliphatic carbocycles. The summed E-state index contributed by atoms with van der Waals surface area (Å²) in [5.74, 6) is 2.30. The Morgan fingerprint density at radius 2 is 1.10 bits per heavy atom. The molecule has 0 saturated heterocycles.